The second-order valence-electron chi connectivity index (χ2n) is 7.07. The molecular weight excluding hydrogens is 248 g/mol. The average Bonchev–Trinajstić information content (AvgIpc) is 2.47. The summed E-state index contributed by atoms with van der Waals surface area (Å²) in [7, 11) is 2.03. The molecule has 0 aromatic rings. The highest BCUT2D eigenvalue weighted by Gasteiger charge is 2.27. The molecular formula is C17H32N2O. The van der Waals surface area contributed by atoms with Gasteiger partial charge in [0.1, 0.15) is 0 Å². The second-order valence-corrected chi connectivity index (χ2v) is 7.07. The van der Waals surface area contributed by atoms with E-state index in [9.17, 15) is 4.79 Å². The van der Waals surface area contributed by atoms with Gasteiger partial charge in [0.25, 0.3) is 0 Å². The molecule has 1 aliphatic heterocycles. The minimum absolute atomic E-state index is 0.389. The fraction of sp³-hybridized carbons (Fsp3) is 0.941. The Labute approximate surface area is 124 Å². The molecule has 1 heterocycles. The second kappa shape index (κ2) is 7.44. The average molecular weight is 280 g/mol. The molecule has 1 aliphatic carbocycles. The smallest absolute Gasteiger partial charge is 0.222 e. The third-order valence-corrected chi connectivity index (χ3v) is 5.36. The Morgan fingerprint density at radius 3 is 2.25 bits per heavy atom. The van der Waals surface area contributed by atoms with E-state index < -0.39 is 0 Å². The van der Waals surface area contributed by atoms with Gasteiger partial charge in [0.15, 0.2) is 0 Å². The van der Waals surface area contributed by atoms with Crippen molar-refractivity contribution in [1.82, 2.24) is 9.80 Å². The Morgan fingerprint density at radius 1 is 1.10 bits per heavy atom. The molecule has 1 saturated heterocycles. The van der Waals surface area contributed by atoms with Gasteiger partial charge in [0, 0.05) is 38.6 Å². The van der Waals surface area contributed by atoms with Crippen LogP contribution in [0.1, 0.15) is 65.2 Å². The van der Waals surface area contributed by atoms with Crippen molar-refractivity contribution >= 4 is 5.91 Å². The van der Waals surface area contributed by atoms with Crippen LogP contribution in [0, 0.1) is 5.92 Å². The van der Waals surface area contributed by atoms with E-state index in [0.29, 0.717) is 23.9 Å². The Balaban J connectivity index is 1.76. The maximum Gasteiger partial charge on any atom is 0.222 e. The lowest BCUT2D eigenvalue weighted by molar-refractivity contribution is -0.134. The summed E-state index contributed by atoms with van der Waals surface area (Å²) in [4.78, 5) is 17.0. The zero-order valence-electron chi connectivity index (χ0n) is 13.6. The van der Waals surface area contributed by atoms with Crippen LogP contribution in [0.25, 0.3) is 0 Å². The molecule has 3 heteroatoms. The Bertz CT molecular complexity index is 302. The highest BCUT2D eigenvalue weighted by Crippen LogP contribution is 2.27. The SMILES string of the molecule is CC(C)N1CCC(N(C)C(=O)CC2CCCCC2)CC1. The summed E-state index contributed by atoms with van der Waals surface area (Å²) >= 11 is 0. The highest BCUT2D eigenvalue weighted by molar-refractivity contribution is 5.76. The monoisotopic (exact) mass is 280 g/mol. The molecule has 0 unspecified atom stereocenters. The van der Waals surface area contributed by atoms with E-state index in [0.717, 1.165) is 32.4 Å². The molecule has 2 fully saturated rings. The van der Waals surface area contributed by atoms with Crippen molar-refractivity contribution in [3.63, 3.8) is 0 Å². The van der Waals surface area contributed by atoms with Crippen LogP contribution in [-0.2, 0) is 4.79 Å². The van der Waals surface area contributed by atoms with Crippen LogP contribution in [0.3, 0.4) is 0 Å². The van der Waals surface area contributed by atoms with Crippen molar-refractivity contribution in [2.45, 2.75) is 77.3 Å². The Hall–Kier alpha value is -0.570. The first kappa shape index (κ1) is 15.8. The normalized spacial score (nSPS) is 23.2. The van der Waals surface area contributed by atoms with Crippen molar-refractivity contribution in [2.75, 3.05) is 20.1 Å². The molecule has 0 spiro atoms. The number of hydrogen-bond donors (Lipinski definition) is 0. The summed E-state index contributed by atoms with van der Waals surface area (Å²) < 4.78 is 0. The van der Waals surface area contributed by atoms with Crippen LogP contribution >= 0.6 is 0 Å². The zero-order valence-corrected chi connectivity index (χ0v) is 13.6. The molecule has 1 amide bonds. The number of nitrogens with zero attached hydrogens (tertiary/aromatic N) is 2. The fourth-order valence-electron chi connectivity index (χ4n) is 3.78. The van der Waals surface area contributed by atoms with Gasteiger partial charge in [-0.25, -0.2) is 0 Å². The predicted octanol–water partition coefficient (Wildman–Crippen LogP) is 3.29. The van der Waals surface area contributed by atoms with Gasteiger partial charge in [-0.3, -0.25) is 4.79 Å². The molecule has 0 N–H and O–H groups in total. The summed E-state index contributed by atoms with van der Waals surface area (Å²) in [5.74, 6) is 1.05. The molecule has 0 radical (unpaired) electrons. The van der Waals surface area contributed by atoms with E-state index in [4.69, 9.17) is 0 Å². The predicted molar refractivity (Wildman–Crippen MR) is 83.7 cm³/mol. The van der Waals surface area contributed by atoms with Gasteiger partial charge in [-0.1, -0.05) is 19.3 Å². The van der Waals surface area contributed by atoms with Crippen molar-refractivity contribution in [3.8, 4) is 0 Å². The largest absolute Gasteiger partial charge is 0.343 e. The summed E-state index contributed by atoms with van der Waals surface area (Å²) in [6.45, 7) is 6.81. The number of hydrogen-bond acceptors (Lipinski definition) is 2. The lowest BCUT2D eigenvalue weighted by atomic mass is 9.86. The third-order valence-electron chi connectivity index (χ3n) is 5.36. The molecule has 0 atom stereocenters. The Morgan fingerprint density at radius 2 is 1.70 bits per heavy atom. The number of likely N-dealkylation sites (tertiary alicyclic amines) is 1. The van der Waals surface area contributed by atoms with E-state index in [1.54, 1.807) is 0 Å². The minimum Gasteiger partial charge on any atom is -0.343 e. The van der Waals surface area contributed by atoms with E-state index in [-0.39, 0.29) is 0 Å². The molecule has 3 nitrogen and oxygen atoms in total. The van der Waals surface area contributed by atoms with Crippen LogP contribution in [0.4, 0.5) is 0 Å². The molecule has 116 valence electrons. The quantitative estimate of drug-likeness (QED) is 0.789. The first-order valence-corrected chi connectivity index (χ1v) is 8.57. The number of piperidine rings is 1. The summed E-state index contributed by atoms with van der Waals surface area (Å²) in [5.41, 5.74) is 0. The van der Waals surface area contributed by atoms with E-state index in [1.165, 1.54) is 32.1 Å². The molecule has 1 saturated carbocycles. The van der Waals surface area contributed by atoms with Crippen LogP contribution in [0.2, 0.25) is 0 Å². The standard InChI is InChI=1S/C17H32N2O/c1-14(2)19-11-9-16(10-12-19)18(3)17(20)13-15-7-5-4-6-8-15/h14-16H,4-13H2,1-3H3. The molecule has 0 aromatic heterocycles. The van der Waals surface area contributed by atoms with Crippen LogP contribution in [0.5, 0.6) is 0 Å². The van der Waals surface area contributed by atoms with Gasteiger partial charge >= 0.3 is 0 Å². The zero-order chi connectivity index (χ0) is 14.5. The van der Waals surface area contributed by atoms with Crippen LogP contribution in [-0.4, -0.2) is 47.9 Å². The number of carbonyl (C=O) groups is 1. The van der Waals surface area contributed by atoms with Gasteiger partial charge in [-0.2, -0.15) is 0 Å². The van der Waals surface area contributed by atoms with Crippen LogP contribution in [0.15, 0.2) is 0 Å². The summed E-state index contributed by atoms with van der Waals surface area (Å²) in [6.07, 6.45) is 9.64. The maximum atomic E-state index is 12.4. The number of rotatable bonds is 4. The first-order chi connectivity index (χ1) is 9.58. The van der Waals surface area contributed by atoms with Gasteiger partial charge in [0.2, 0.25) is 5.91 Å². The molecule has 2 rings (SSSR count). The topological polar surface area (TPSA) is 23.6 Å². The van der Waals surface area contributed by atoms with E-state index in [1.807, 2.05) is 7.05 Å². The fourth-order valence-corrected chi connectivity index (χ4v) is 3.78. The van der Waals surface area contributed by atoms with Gasteiger partial charge in [0.05, 0.1) is 0 Å². The third kappa shape index (κ3) is 4.21. The van der Waals surface area contributed by atoms with E-state index in [2.05, 4.69) is 23.6 Å². The summed E-state index contributed by atoms with van der Waals surface area (Å²) in [5, 5.41) is 0. The van der Waals surface area contributed by atoms with Crippen molar-refractivity contribution < 1.29 is 4.79 Å². The van der Waals surface area contributed by atoms with E-state index >= 15 is 0 Å². The lowest BCUT2D eigenvalue weighted by Crippen LogP contribution is -2.47. The molecule has 20 heavy (non-hydrogen) atoms. The molecule has 0 bridgehead atoms. The summed E-state index contributed by atoms with van der Waals surface area (Å²) in [6, 6.07) is 1.11. The van der Waals surface area contributed by atoms with Crippen molar-refractivity contribution in [1.29, 1.82) is 0 Å². The minimum atomic E-state index is 0.389. The van der Waals surface area contributed by atoms with Gasteiger partial charge in [-0.15, -0.1) is 0 Å². The van der Waals surface area contributed by atoms with Gasteiger partial charge < -0.3 is 9.80 Å². The maximum absolute atomic E-state index is 12.4. The lowest BCUT2D eigenvalue weighted by Gasteiger charge is -2.39. The molecule has 2 aliphatic rings. The van der Waals surface area contributed by atoms with Crippen molar-refractivity contribution in [3.05, 3.63) is 0 Å². The van der Waals surface area contributed by atoms with Crippen LogP contribution < -0.4 is 0 Å². The van der Waals surface area contributed by atoms with Gasteiger partial charge in [-0.05, 0) is 45.4 Å². The Kier molecular flexibility index (Phi) is 5.88. The molecule has 0 aromatic carbocycles. The highest BCUT2D eigenvalue weighted by atomic mass is 16.2. The van der Waals surface area contributed by atoms with Crippen molar-refractivity contribution in [2.24, 2.45) is 5.92 Å². The number of amides is 1. The first-order valence-electron chi connectivity index (χ1n) is 8.57. The number of carbonyl (C=O) groups excluding carboxylic acids is 1.